The molecule has 4 rings (SSSR count). The van der Waals surface area contributed by atoms with E-state index in [9.17, 15) is 9.59 Å². The van der Waals surface area contributed by atoms with Gasteiger partial charge in [-0.05, 0) is 68.3 Å². The van der Waals surface area contributed by atoms with Crippen LogP contribution in [0.2, 0.25) is 5.02 Å². The average Bonchev–Trinajstić information content (AvgIpc) is 3.27. The number of halogens is 1. The molecular formula is C24H24ClN3O2. The minimum absolute atomic E-state index is 0.184. The normalized spacial score (nSPS) is 13.7. The van der Waals surface area contributed by atoms with Crippen molar-refractivity contribution in [2.24, 2.45) is 0 Å². The third kappa shape index (κ3) is 4.12. The number of aryl methyl sites for hydroxylation is 2. The number of amides is 2. The first-order valence-corrected chi connectivity index (χ1v) is 10.4. The van der Waals surface area contributed by atoms with Gasteiger partial charge in [0.05, 0.1) is 10.6 Å². The molecule has 1 aliphatic heterocycles. The number of nitrogens with zero attached hydrogens (tertiary/aromatic N) is 2. The Labute approximate surface area is 181 Å². The molecular weight excluding hydrogens is 398 g/mol. The lowest BCUT2D eigenvalue weighted by molar-refractivity contribution is -0.128. The van der Waals surface area contributed by atoms with Crippen LogP contribution in [0.25, 0.3) is 5.69 Å². The fourth-order valence-corrected chi connectivity index (χ4v) is 4.14. The van der Waals surface area contributed by atoms with Crippen LogP contribution >= 0.6 is 11.6 Å². The lowest BCUT2D eigenvalue weighted by Crippen LogP contribution is -2.23. The predicted octanol–water partition coefficient (Wildman–Crippen LogP) is 5.12. The summed E-state index contributed by atoms with van der Waals surface area (Å²) < 4.78 is 2.08. The van der Waals surface area contributed by atoms with E-state index in [0.717, 1.165) is 35.6 Å². The number of carbonyl (C=O) groups is 2. The molecule has 2 aromatic carbocycles. The minimum Gasteiger partial charge on any atom is -0.338 e. The predicted molar refractivity (Wildman–Crippen MR) is 119 cm³/mol. The Morgan fingerprint density at radius 1 is 1.07 bits per heavy atom. The highest BCUT2D eigenvalue weighted by Crippen LogP contribution is 2.24. The van der Waals surface area contributed by atoms with Gasteiger partial charge in [0.15, 0.2) is 0 Å². The molecule has 154 valence electrons. The maximum absolute atomic E-state index is 13.0. The summed E-state index contributed by atoms with van der Waals surface area (Å²) in [7, 11) is 0. The Hall–Kier alpha value is -3.05. The minimum atomic E-state index is -0.265. The second kappa shape index (κ2) is 8.36. The molecule has 0 unspecified atom stereocenters. The number of rotatable bonds is 5. The van der Waals surface area contributed by atoms with E-state index in [1.165, 1.54) is 0 Å². The Morgan fingerprint density at radius 2 is 1.83 bits per heavy atom. The summed E-state index contributed by atoms with van der Waals surface area (Å²) in [6.45, 7) is 5.40. The molecule has 1 saturated heterocycles. The molecule has 0 spiro atoms. The lowest BCUT2D eigenvalue weighted by atomic mass is 10.1. The number of anilines is 1. The standard InChI is InChI=1S/C24H24ClN3O2/c1-16-8-9-17(2)28(16)20-10-11-22(25)21(14-20)24(30)26-19-6-3-5-18(13-19)15-27-12-4-7-23(27)29/h3,5-6,8-11,13-14H,4,7,12,15H2,1-2H3,(H,26,30). The van der Waals surface area contributed by atoms with Gasteiger partial charge in [0.2, 0.25) is 5.91 Å². The Balaban J connectivity index is 1.55. The van der Waals surface area contributed by atoms with Crippen LogP contribution in [0, 0.1) is 13.8 Å². The van der Waals surface area contributed by atoms with E-state index >= 15 is 0 Å². The topological polar surface area (TPSA) is 54.3 Å². The zero-order valence-corrected chi connectivity index (χ0v) is 17.9. The molecule has 5 nitrogen and oxygen atoms in total. The number of carbonyl (C=O) groups excluding carboxylic acids is 2. The van der Waals surface area contributed by atoms with Gasteiger partial charge in [-0.25, -0.2) is 0 Å². The Bertz CT molecular complexity index is 1100. The molecule has 1 N–H and O–H groups in total. The molecule has 1 aliphatic rings. The monoisotopic (exact) mass is 421 g/mol. The third-order valence-electron chi connectivity index (χ3n) is 5.45. The summed E-state index contributed by atoms with van der Waals surface area (Å²) in [5.74, 6) is -0.0812. The number of hydrogen-bond donors (Lipinski definition) is 1. The van der Waals surface area contributed by atoms with E-state index in [1.807, 2.05) is 67.3 Å². The van der Waals surface area contributed by atoms with Crippen LogP contribution in [0.1, 0.15) is 40.2 Å². The van der Waals surface area contributed by atoms with Gasteiger partial charge in [0.1, 0.15) is 0 Å². The summed E-state index contributed by atoms with van der Waals surface area (Å²) in [5.41, 5.74) is 5.16. The quantitative estimate of drug-likeness (QED) is 0.621. The van der Waals surface area contributed by atoms with E-state index in [4.69, 9.17) is 11.6 Å². The van der Waals surface area contributed by atoms with Gasteiger partial charge in [-0.2, -0.15) is 0 Å². The third-order valence-corrected chi connectivity index (χ3v) is 5.78. The molecule has 1 aromatic heterocycles. The smallest absolute Gasteiger partial charge is 0.257 e. The average molecular weight is 422 g/mol. The number of hydrogen-bond acceptors (Lipinski definition) is 2. The lowest BCUT2D eigenvalue weighted by Gasteiger charge is -2.16. The molecule has 0 saturated carbocycles. The van der Waals surface area contributed by atoms with E-state index in [2.05, 4.69) is 9.88 Å². The van der Waals surface area contributed by atoms with Gasteiger partial charge in [-0.15, -0.1) is 0 Å². The van der Waals surface area contributed by atoms with Crippen molar-refractivity contribution in [3.63, 3.8) is 0 Å². The molecule has 2 amide bonds. The highest BCUT2D eigenvalue weighted by atomic mass is 35.5. The van der Waals surface area contributed by atoms with Crippen molar-refractivity contribution in [2.45, 2.75) is 33.2 Å². The van der Waals surface area contributed by atoms with Crippen LogP contribution in [-0.2, 0) is 11.3 Å². The second-order valence-electron chi connectivity index (χ2n) is 7.69. The highest BCUT2D eigenvalue weighted by molar-refractivity contribution is 6.34. The van der Waals surface area contributed by atoms with E-state index in [1.54, 1.807) is 6.07 Å². The van der Waals surface area contributed by atoms with Crippen molar-refractivity contribution in [1.82, 2.24) is 9.47 Å². The van der Waals surface area contributed by atoms with Crippen molar-refractivity contribution >= 4 is 29.1 Å². The van der Waals surface area contributed by atoms with Gasteiger partial charge in [0.25, 0.3) is 5.91 Å². The SMILES string of the molecule is Cc1ccc(C)n1-c1ccc(Cl)c(C(=O)Nc2cccc(CN3CCCC3=O)c2)c1. The fraction of sp³-hybridized carbons (Fsp3) is 0.250. The van der Waals surface area contributed by atoms with Crippen LogP contribution < -0.4 is 5.32 Å². The summed E-state index contributed by atoms with van der Waals surface area (Å²) >= 11 is 6.34. The maximum atomic E-state index is 13.0. The molecule has 1 fully saturated rings. The number of aromatic nitrogens is 1. The molecule has 0 bridgehead atoms. The van der Waals surface area contributed by atoms with Gasteiger partial charge in [-0.3, -0.25) is 9.59 Å². The largest absolute Gasteiger partial charge is 0.338 e. The first kappa shape index (κ1) is 20.2. The van der Waals surface area contributed by atoms with E-state index in [0.29, 0.717) is 29.2 Å². The second-order valence-corrected chi connectivity index (χ2v) is 8.10. The van der Waals surface area contributed by atoms with Gasteiger partial charge in [0, 0.05) is 42.3 Å². The summed E-state index contributed by atoms with van der Waals surface area (Å²) in [6.07, 6.45) is 1.52. The van der Waals surface area contributed by atoms with Crippen LogP contribution in [-0.4, -0.2) is 27.8 Å². The zero-order chi connectivity index (χ0) is 21.3. The van der Waals surface area contributed by atoms with E-state index in [-0.39, 0.29) is 11.8 Å². The molecule has 6 heteroatoms. The van der Waals surface area contributed by atoms with Crippen molar-refractivity contribution in [3.05, 3.63) is 82.1 Å². The molecule has 0 atom stereocenters. The van der Waals surface area contributed by atoms with Crippen LogP contribution in [0.4, 0.5) is 5.69 Å². The first-order chi connectivity index (χ1) is 14.4. The Kier molecular flexibility index (Phi) is 5.64. The maximum Gasteiger partial charge on any atom is 0.257 e. The van der Waals surface area contributed by atoms with Crippen LogP contribution in [0.3, 0.4) is 0 Å². The molecule has 0 aliphatic carbocycles. The van der Waals surface area contributed by atoms with Crippen molar-refractivity contribution in [2.75, 3.05) is 11.9 Å². The van der Waals surface area contributed by atoms with E-state index < -0.39 is 0 Å². The molecule has 0 radical (unpaired) electrons. The van der Waals surface area contributed by atoms with Crippen molar-refractivity contribution in [3.8, 4) is 5.69 Å². The number of nitrogens with one attached hydrogen (secondary N) is 1. The van der Waals surface area contributed by atoms with Gasteiger partial charge < -0.3 is 14.8 Å². The molecule has 3 aromatic rings. The molecule has 30 heavy (non-hydrogen) atoms. The van der Waals surface area contributed by atoms with Crippen LogP contribution in [0.5, 0.6) is 0 Å². The molecule has 2 heterocycles. The number of benzene rings is 2. The highest BCUT2D eigenvalue weighted by Gasteiger charge is 2.20. The van der Waals surface area contributed by atoms with Crippen LogP contribution in [0.15, 0.2) is 54.6 Å². The zero-order valence-electron chi connectivity index (χ0n) is 17.1. The van der Waals surface area contributed by atoms with Crippen molar-refractivity contribution < 1.29 is 9.59 Å². The van der Waals surface area contributed by atoms with Gasteiger partial charge in [-0.1, -0.05) is 23.7 Å². The summed E-state index contributed by atoms with van der Waals surface area (Å²) in [5, 5.41) is 3.34. The van der Waals surface area contributed by atoms with Crippen molar-refractivity contribution in [1.29, 1.82) is 0 Å². The summed E-state index contributed by atoms with van der Waals surface area (Å²) in [4.78, 5) is 26.7. The van der Waals surface area contributed by atoms with Gasteiger partial charge >= 0.3 is 0 Å². The Morgan fingerprint density at radius 3 is 2.53 bits per heavy atom. The first-order valence-electron chi connectivity index (χ1n) is 10.1. The summed E-state index contributed by atoms with van der Waals surface area (Å²) in [6, 6.07) is 17.1. The fourth-order valence-electron chi connectivity index (χ4n) is 3.94. The number of likely N-dealkylation sites (tertiary alicyclic amines) is 1.